The lowest BCUT2D eigenvalue weighted by Crippen LogP contribution is -2.22. The van der Waals surface area contributed by atoms with Gasteiger partial charge in [0, 0.05) is 16.4 Å². The van der Waals surface area contributed by atoms with Crippen LogP contribution in [0, 0.1) is 6.92 Å². The van der Waals surface area contributed by atoms with Crippen LogP contribution >= 0.6 is 11.6 Å². The van der Waals surface area contributed by atoms with Gasteiger partial charge in [-0.25, -0.2) is 0 Å². The van der Waals surface area contributed by atoms with Crippen molar-refractivity contribution in [3.8, 4) is 0 Å². The summed E-state index contributed by atoms with van der Waals surface area (Å²) in [6, 6.07) is 13.6. The number of rotatable bonds is 5. The van der Waals surface area contributed by atoms with Crippen molar-refractivity contribution in [3.63, 3.8) is 0 Å². The van der Waals surface area contributed by atoms with Gasteiger partial charge in [-0.2, -0.15) is 0 Å². The van der Waals surface area contributed by atoms with Gasteiger partial charge < -0.3 is 10.6 Å². The SMILES string of the molecule is Cc1c(Cl)cccc1NC(=O)CNc1ccc(C(C)C)cc1. The molecule has 0 atom stereocenters. The van der Waals surface area contributed by atoms with Gasteiger partial charge >= 0.3 is 0 Å². The molecule has 0 bridgehead atoms. The Morgan fingerprint density at radius 3 is 2.45 bits per heavy atom. The van der Waals surface area contributed by atoms with Gasteiger partial charge in [0.25, 0.3) is 0 Å². The molecular weight excluding hydrogens is 296 g/mol. The molecule has 116 valence electrons. The number of carbonyl (C=O) groups excluding carboxylic acids is 1. The number of nitrogens with one attached hydrogen (secondary N) is 2. The van der Waals surface area contributed by atoms with E-state index in [2.05, 4.69) is 36.6 Å². The summed E-state index contributed by atoms with van der Waals surface area (Å²) in [7, 11) is 0. The minimum atomic E-state index is -0.0988. The zero-order chi connectivity index (χ0) is 16.1. The van der Waals surface area contributed by atoms with E-state index in [0.717, 1.165) is 16.9 Å². The lowest BCUT2D eigenvalue weighted by Gasteiger charge is -2.11. The van der Waals surface area contributed by atoms with Crippen LogP contribution in [0.25, 0.3) is 0 Å². The van der Waals surface area contributed by atoms with Crippen molar-refractivity contribution in [3.05, 3.63) is 58.6 Å². The Kier molecular flexibility index (Phi) is 5.45. The molecule has 3 nitrogen and oxygen atoms in total. The van der Waals surface area contributed by atoms with Crippen molar-refractivity contribution >= 4 is 28.9 Å². The van der Waals surface area contributed by atoms with Crippen molar-refractivity contribution in [1.29, 1.82) is 0 Å². The Morgan fingerprint density at radius 1 is 1.14 bits per heavy atom. The van der Waals surface area contributed by atoms with E-state index in [-0.39, 0.29) is 12.5 Å². The summed E-state index contributed by atoms with van der Waals surface area (Å²) in [5.74, 6) is 0.404. The Labute approximate surface area is 136 Å². The number of carbonyl (C=O) groups is 1. The molecule has 0 aliphatic carbocycles. The molecule has 0 unspecified atom stereocenters. The molecule has 2 rings (SSSR count). The first kappa shape index (κ1) is 16.4. The third-order valence-electron chi connectivity index (χ3n) is 3.57. The predicted molar refractivity (Wildman–Crippen MR) is 93.8 cm³/mol. The van der Waals surface area contributed by atoms with Crippen molar-refractivity contribution in [2.45, 2.75) is 26.7 Å². The second kappa shape index (κ2) is 7.32. The number of hydrogen-bond acceptors (Lipinski definition) is 2. The summed E-state index contributed by atoms with van der Waals surface area (Å²) in [5, 5.41) is 6.63. The van der Waals surface area contributed by atoms with Crippen LogP contribution in [0.1, 0.15) is 30.9 Å². The molecule has 4 heteroatoms. The van der Waals surface area contributed by atoms with E-state index in [0.29, 0.717) is 10.9 Å². The largest absolute Gasteiger partial charge is 0.376 e. The molecule has 0 aliphatic rings. The second-order valence-electron chi connectivity index (χ2n) is 5.59. The highest BCUT2D eigenvalue weighted by Gasteiger charge is 2.07. The van der Waals surface area contributed by atoms with Crippen molar-refractivity contribution in [1.82, 2.24) is 0 Å². The molecule has 0 aromatic heterocycles. The van der Waals surface area contributed by atoms with Crippen molar-refractivity contribution in [2.75, 3.05) is 17.2 Å². The molecule has 0 heterocycles. The standard InChI is InChI=1S/C18H21ClN2O/c1-12(2)14-7-9-15(10-8-14)20-11-18(22)21-17-6-4-5-16(19)13(17)3/h4-10,12,20H,11H2,1-3H3,(H,21,22). The van der Waals surface area contributed by atoms with Gasteiger partial charge in [0.1, 0.15) is 0 Å². The quantitative estimate of drug-likeness (QED) is 0.830. The van der Waals surface area contributed by atoms with Crippen LogP contribution in [0.3, 0.4) is 0 Å². The van der Waals surface area contributed by atoms with Crippen LogP contribution in [-0.2, 0) is 4.79 Å². The number of amides is 1. The molecule has 2 aromatic carbocycles. The van der Waals surface area contributed by atoms with Gasteiger partial charge in [0.2, 0.25) is 5.91 Å². The van der Waals surface area contributed by atoms with E-state index in [9.17, 15) is 4.79 Å². The van der Waals surface area contributed by atoms with Crippen LogP contribution in [0.4, 0.5) is 11.4 Å². The first-order chi connectivity index (χ1) is 10.5. The fourth-order valence-electron chi connectivity index (χ4n) is 2.11. The van der Waals surface area contributed by atoms with Crippen LogP contribution in [-0.4, -0.2) is 12.5 Å². The minimum Gasteiger partial charge on any atom is -0.376 e. The first-order valence-corrected chi connectivity index (χ1v) is 7.74. The summed E-state index contributed by atoms with van der Waals surface area (Å²) in [6.45, 7) is 6.41. The van der Waals surface area contributed by atoms with E-state index >= 15 is 0 Å². The van der Waals surface area contributed by atoms with Gasteiger partial charge in [-0.3, -0.25) is 4.79 Å². The molecule has 0 fully saturated rings. The van der Waals surface area contributed by atoms with Gasteiger partial charge in [0.05, 0.1) is 6.54 Å². The average Bonchev–Trinajstić information content (AvgIpc) is 2.50. The molecule has 0 radical (unpaired) electrons. The summed E-state index contributed by atoms with van der Waals surface area (Å²) in [4.78, 5) is 12.0. The fourth-order valence-corrected chi connectivity index (χ4v) is 2.28. The summed E-state index contributed by atoms with van der Waals surface area (Å²) in [5.41, 5.74) is 3.83. The van der Waals surface area contributed by atoms with Gasteiger partial charge in [-0.1, -0.05) is 43.6 Å². The normalized spacial score (nSPS) is 10.6. The van der Waals surface area contributed by atoms with Gasteiger partial charge in [0.15, 0.2) is 0 Å². The van der Waals surface area contributed by atoms with E-state index in [1.807, 2.05) is 31.2 Å². The van der Waals surface area contributed by atoms with Crippen molar-refractivity contribution < 1.29 is 4.79 Å². The Balaban J connectivity index is 1.91. The molecule has 0 aliphatic heterocycles. The maximum absolute atomic E-state index is 12.0. The van der Waals surface area contributed by atoms with E-state index in [1.165, 1.54) is 5.56 Å². The minimum absolute atomic E-state index is 0.0988. The topological polar surface area (TPSA) is 41.1 Å². The van der Waals surface area contributed by atoms with Gasteiger partial charge in [-0.05, 0) is 48.2 Å². The second-order valence-corrected chi connectivity index (χ2v) is 6.00. The van der Waals surface area contributed by atoms with Crippen LogP contribution in [0.5, 0.6) is 0 Å². The maximum Gasteiger partial charge on any atom is 0.243 e. The molecule has 1 amide bonds. The summed E-state index contributed by atoms with van der Waals surface area (Å²) >= 11 is 6.04. The highest BCUT2D eigenvalue weighted by molar-refractivity contribution is 6.31. The number of benzene rings is 2. The lowest BCUT2D eigenvalue weighted by atomic mass is 10.0. The molecule has 0 spiro atoms. The fraction of sp³-hybridized carbons (Fsp3) is 0.278. The lowest BCUT2D eigenvalue weighted by molar-refractivity contribution is -0.114. The smallest absolute Gasteiger partial charge is 0.243 e. The van der Waals surface area contributed by atoms with E-state index < -0.39 is 0 Å². The van der Waals surface area contributed by atoms with Gasteiger partial charge in [-0.15, -0.1) is 0 Å². The maximum atomic E-state index is 12.0. The van der Waals surface area contributed by atoms with Crippen LogP contribution < -0.4 is 10.6 Å². The zero-order valence-electron chi connectivity index (χ0n) is 13.1. The Morgan fingerprint density at radius 2 is 1.82 bits per heavy atom. The monoisotopic (exact) mass is 316 g/mol. The predicted octanol–water partition coefficient (Wildman–Crippen LogP) is 4.82. The zero-order valence-corrected chi connectivity index (χ0v) is 13.9. The molecule has 2 N–H and O–H groups in total. The first-order valence-electron chi connectivity index (χ1n) is 7.36. The Bertz CT molecular complexity index is 651. The van der Waals surface area contributed by atoms with Crippen LogP contribution in [0.2, 0.25) is 5.02 Å². The summed E-state index contributed by atoms with van der Waals surface area (Å²) in [6.07, 6.45) is 0. The molecular formula is C18H21ClN2O. The van der Waals surface area contributed by atoms with E-state index in [4.69, 9.17) is 11.6 Å². The van der Waals surface area contributed by atoms with Crippen LogP contribution in [0.15, 0.2) is 42.5 Å². The highest BCUT2D eigenvalue weighted by Crippen LogP contribution is 2.23. The molecule has 0 saturated heterocycles. The number of hydrogen-bond donors (Lipinski definition) is 2. The average molecular weight is 317 g/mol. The number of halogens is 1. The third kappa shape index (κ3) is 4.25. The number of anilines is 2. The molecule has 22 heavy (non-hydrogen) atoms. The Hall–Kier alpha value is -2.00. The third-order valence-corrected chi connectivity index (χ3v) is 3.98. The molecule has 0 saturated carbocycles. The summed E-state index contributed by atoms with van der Waals surface area (Å²) < 4.78 is 0. The van der Waals surface area contributed by atoms with Crippen molar-refractivity contribution in [2.24, 2.45) is 0 Å². The van der Waals surface area contributed by atoms with E-state index in [1.54, 1.807) is 6.07 Å². The molecule has 2 aromatic rings. The highest BCUT2D eigenvalue weighted by atomic mass is 35.5.